The molecule has 0 saturated heterocycles. The molecule has 20 heavy (non-hydrogen) atoms. The number of benzene rings is 2. The van der Waals surface area contributed by atoms with Gasteiger partial charge in [0.15, 0.2) is 0 Å². The maximum Gasteiger partial charge on any atom is 0.0428 e. The number of anilines is 1. The van der Waals surface area contributed by atoms with E-state index < -0.39 is 0 Å². The molecule has 0 fully saturated rings. The lowest BCUT2D eigenvalue weighted by Crippen LogP contribution is -2.17. The van der Waals surface area contributed by atoms with E-state index in [1.807, 2.05) is 7.05 Å². The van der Waals surface area contributed by atoms with Crippen molar-refractivity contribution in [2.45, 2.75) is 26.4 Å². The highest BCUT2D eigenvalue weighted by Crippen LogP contribution is 2.20. The van der Waals surface area contributed by atoms with E-state index in [4.69, 9.17) is 0 Å². The predicted molar refractivity (Wildman–Crippen MR) is 87.2 cm³/mol. The van der Waals surface area contributed by atoms with Crippen molar-refractivity contribution in [1.82, 2.24) is 5.32 Å². The van der Waals surface area contributed by atoms with E-state index >= 15 is 0 Å². The molecule has 2 heteroatoms. The molecule has 1 atom stereocenters. The minimum absolute atomic E-state index is 0.394. The molecule has 0 aromatic heterocycles. The second-order valence-corrected chi connectivity index (χ2v) is 5.38. The van der Waals surface area contributed by atoms with Gasteiger partial charge < -0.3 is 10.2 Å². The monoisotopic (exact) mass is 268 g/mol. The predicted octanol–water partition coefficient (Wildman–Crippen LogP) is 3.91. The number of aryl methyl sites for hydroxylation is 1. The van der Waals surface area contributed by atoms with E-state index in [1.54, 1.807) is 0 Å². The Hall–Kier alpha value is -1.80. The lowest BCUT2D eigenvalue weighted by molar-refractivity contribution is 0.652. The molecule has 0 radical (unpaired) electrons. The Morgan fingerprint density at radius 2 is 1.70 bits per heavy atom. The highest BCUT2D eigenvalue weighted by molar-refractivity contribution is 5.48. The van der Waals surface area contributed by atoms with Crippen LogP contribution in [0.15, 0.2) is 48.5 Å². The normalized spacial score (nSPS) is 12.2. The maximum atomic E-state index is 3.26. The van der Waals surface area contributed by atoms with Gasteiger partial charge in [-0.25, -0.2) is 0 Å². The van der Waals surface area contributed by atoms with Gasteiger partial charge in [-0.15, -0.1) is 0 Å². The van der Waals surface area contributed by atoms with Crippen molar-refractivity contribution >= 4 is 5.69 Å². The zero-order valence-electron chi connectivity index (χ0n) is 12.9. The Kier molecular flexibility index (Phi) is 4.80. The van der Waals surface area contributed by atoms with Gasteiger partial charge in [-0.05, 0) is 49.7 Å². The summed E-state index contributed by atoms with van der Waals surface area (Å²) in [5.41, 5.74) is 5.29. The van der Waals surface area contributed by atoms with E-state index in [-0.39, 0.29) is 0 Å². The minimum Gasteiger partial charge on any atom is -0.370 e. The fourth-order valence-electron chi connectivity index (χ4n) is 2.32. The van der Waals surface area contributed by atoms with Gasteiger partial charge in [0.05, 0.1) is 0 Å². The molecule has 0 bridgehead atoms. The van der Waals surface area contributed by atoms with Gasteiger partial charge in [0.1, 0.15) is 0 Å². The molecule has 2 rings (SSSR count). The first-order valence-electron chi connectivity index (χ1n) is 7.14. The van der Waals surface area contributed by atoms with Crippen LogP contribution in [0.3, 0.4) is 0 Å². The van der Waals surface area contributed by atoms with E-state index in [0.717, 1.165) is 6.54 Å². The Labute approximate surface area is 122 Å². The summed E-state index contributed by atoms with van der Waals surface area (Å²) >= 11 is 0. The zero-order chi connectivity index (χ0) is 14.5. The summed E-state index contributed by atoms with van der Waals surface area (Å²) < 4.78 is 0. The summed E-state index contributed by atoms with van der Waals surface area (Å²) in [7, 11) is 4.13. The Morgan fingerprint density at radius 1 is 1.05 bits per heavy atom. The number of nitrogens with zero attached hydrogens (tertiary/aromatic N) is 1. The van der Waals surface area contributed by atoms with Crippen molar-refractivity contribution in [3.8, 4) is 0 Å². The minimum atomic E-state index is 0.394. The molecule has 0 aliphatic carbocycles. The summed E-state index contributed by atoms with van der Waals surface area (Å²) in [6, 6.07) is 17.7. The van der Waals surface area contributed by atoms with Gasteiger partial charge >= 0.3 is 0 Å². The molecular formula is C18H24N2. The molecule has 106 valence electrons. The number of rotatable bonds is 5. The van der Waals surface area contributed by atoms with E-state index in [2.05, 4.69) is 79.6 Å². The molecule has 0 spiro atoms. The smallest absolute Gasteiger partial charge is 0.0428 e. The van der Waals surface area contributed by atoms with Crippen LogP contribution in [0.1, 0.15) is 29.7 Å². The van der Waals surface area contributed by atoms with Crippen molar-refractivity contribution < 1.29 is 0 Å². The third kappa shape index (κ3) is 3.40. The van der Waals surface area contributed by atoms with Crippen molar-refractivity contribution in [1.29, 1.82) is 0 Å². The second-order valence-electron chi connectivity index (χ2n) is 5.38. The van der Waals surface area contributed by atoms with E-state index in [1.165, 1.54) is 22.4 Å². The number of nitrogens with one attached hydrogen (secondary N) is 1. The molecule has 0 aliphatic heterocycles. The van der Waals surface area contributed by atoms with Gasteiger partial charge in [-0.3, -0.25) is 0 Å². The quantitative estimate of drug-likeness (QED) is 0.884. The van der Waals surface area contributed by atoms with Gasteiger partial charge in [0.25, 0.3) is 0 Å². The average molecular weight is 268 g/mol. The topological polar surface area (TPSA) is 15.3 Å². The molecule has 0 saturated carbocycles. The van der Waals surface area contributed by atoms with Crippen LogP contribution in [-0.4, -0.2) is 14.1 Å². The van der Waals surface area contributed by atoms with Crippen molar-refractivity contribution in [2.75, 3.05) is 19.0 Å². The van der Waals surface area contributed by atoms with E-state index in [0.29, 0.717) is 6.04 Å². The fourth-order valence-corrected chi connectivity index (χ4v) is 2.32. The first-order chi connectivity index (χ1) is 9.61. The fraction of sp³-hybridized carbons (Fsp3) is 0.333. The molecule has 0 amide bonds. The third-order valence-corrected chi connectivity index (χ3v) is 3.94. The van der Waals surface area contributed by atoms with Gasteiger partial charge in [-0.2, -0.15) is 0 Å². The standard InChI is InChI=1S/C18H24N2/c1-14-7-5-6-8-17(14)13-20(4)18-11-9-16(10-12-18)15(2)19-3/h5-12,15,19H,13H2,1-4H3. The zero-order valence-corrected chi connectivity index (χ0v) is 12.9. The highest BCUT2D eigenvalue weighted by Gasteiger charge is 2.06. The second kappa shape index (κ2) is 6.58. The number of hydrogen-bond acceptors (Lipinski definition) is 2. The summed E-state index contributed by atoms with van der Waals surface area (Å²) in [6.45, 7) is 5.28. The van der Waals surface area contributed by atoms with Crippen LogP contribution in [0.25, 0.3) is 0 Å². The molecule has 2 aromatic rings. The summed E-state index contributed by atoms with van der Waals surface area (Å²) in [5, 5.41) is 3.26. The van der Waals surface area contributed by atoms with Gasteiger partial charge in [-0.1, -0.05) is 36.4 Å². The van der Waals surface area contributed by atoms with Crippen LogP contribution >= 0.6 is 0 Å². The molecule has 0 aliphatic rings. The Morgan fingerprint density at radius 3 is 2.30 bits per heavy atom. The largest absolute Gasteiger partial charge is 0.370 e. The van der Waals surface area contributed by atoms with Gasteiger partial charge in [0.2, 0.25) is 0 Å². The third-order valence-electron chi connectivity index (χ3n) is 3.94. The molecule has 1 unspecified atom stereocenters. The van der Waals surface area contributed by atoms with Crippen LogP contribution in [0.5, 0.6) is 0 Å². The van der Waals surface area contributed by atoms with Crippen LogP contribution in [0.2, 0.25) is 0 Å². The summed E-state index contributed by atoms with van der Waals surface area (Å²) in [6.07, 6.45) is 0. The average Bonchev–Trinajstić information content (AvgIpc) is 2.49. The lowest BCUT2D eigenvalue weighted by Gasteiger charge is -2.21. The molecular weight excluding hydrogens is 244 g/mol. The number of hydrogen-bond donors (Lipinski definition) is 1. The SMILES string of the molecule is CNC(C)c1ccc(N(C)Cc2ccccc2C)cc1. The van der Waals surface area contributed by atoms with Crippen LogP contribution in [-0.2, 0) is 6.54 Å². The first kappa shape index (κ1) is 14.6. The van der Waals surface area contributed by atoms with Crippen molar-refractivity contribution in [2.24, 2.45) is 0 Å². The van der Waals surface area contributed by atoms with Crippen molar-refractivity contribution in [3.05, 3.63) is 65.2 Å². The van der Waals surface area contributed by atoms with Crippen LogP contribution < -0.4 is 10.2 Å². The Bertz CT molecular complexity index is 546. The van der Waals surface area contributed by atoms with Gasteiger partial charge in [0, 0.05) is 25.3 Å². The summed E-state index contributed by atoms with van der Waals surface area (Å²) in [4.78, 5) is 2.29. The van der Waals surface area contributed by atoms with E-state index in [9.17, 15) is 0 Å². The lowest BCUT2D eigenvalue weighted by atomic mass is 10.1. The molecule has 0 heterocycles. The summed E-state index contributed by atoms with van der Waals surface area (Å²) in [5.74, 6) is 0. The molecule has 2 nitrogen and oxygen atoms in total. The molecule has 1 N–H and O–H groups in total. The Balaban J connectivity index is 2.10. The first-order valence-corrected chi connectivity index (χ1v) is 7.14. The van der Waals surface area contributed by atoms with Crippen LogP contribution in [0, 0.1) is 6.92 Å². The maximum absolute atomic E-state index is 3.26. The molecule has 2 aromatic carbocycles. The van der Waals surface area contributed by atoms with Crippen molar-refractivity contribution in [3.63, 3.8) is 0 Å². The van der Waals surface area contributed by atoms with Crippen LogP contribution in [0.4, 0.5) is 5.69 Å². The highest BCUT2D eigenvalue weighted by atomic mass is 15.1.